The molecule has 3 rings (SSSR count). The number of hydrogen-bond acceptors (Lipinski definition) is 9. The maximum Gasteiger partial charge on any atom is 0.326 e. The van der Waals surface area contributed by atoms with E-state index in [1.807, 2.05) is 108 Å². The number of carbonyl (C=O) groups is 5. The number of carbonyl (C=O) groups excluding carboxylic acids is 4. The van der Waals surface area contributed by atoms with E-state index >= 15 is 0 Å². The van der Waals surface area contributed by atoms with Crippen LogP contribution in [-0.2, 0) is 46.4 Å². The fourth-order valence-corrected chi connectivity index (χ4v) is 9.07. The lowest BCUT2D eigenvalue weighted by molar-refractivity contribution is -0.149. The molecule has 0 aliphatic carbocycles. The van der Waals surface area contributed by atoms with Gasteiger partial charge in [-0.1, -0.05) is 97.4 Å². The van der Waals surface area contributed by atoms with Crippen molar-refractivity contribution in [3.63, 3.8) is 0 Å². The van der Waals surface area contributed by atoms with Gasteiger partial charge in [-0.2, -0.15) is 0 Å². The first-order chi connectivity index (χ1) is 28.4. The van der Waals surface area contributed by atoms with Gasteiger partial charge in [0, 0.05) is 58.8 Å². The number of hydrogen-bond donors (Lipinski definition) is 3. The van der Waals surface area contributed by atoms with E-state index in [9.17, 15) is 29.1 Å². The number of nitrogens with zero attached hydrogens (tertiary/aromatic N) is 3. The Bertz CT molecular complexity index is 1710. The number of nitrogens with two attached hydrogens (primary N) is 1. The second-order valence-electron chi connectivity index (χ2n) is 17.5. The number of likely N-dealkylation sites (tertiary alicyclic amines) is 1. The zero-order chi connectivity index (χ0) is 44.8. The van der Waals surface area contributed by atoms with Crippen LogP contribution in [0.25, 0.3) is 0 Å². The van der Waals surface area contributed by atoms with Crippen LogP contribution in [0, 0.1) is 29.6 Å². The third-order valence-electron chi connectivity index (χ3n) is 12.5. The molecule has 0 radical (unpaired) electrons. The number of methoxy groups -OCH3 is 2. The molecule has 1 saturated heterocycles. The van der Waals surface area contributed by atoms with Crippen LogP contribution in [-0.4, -0.2) is 121 Å². The average Bonchev–Trinajstić information content (AvgIpc) is 3.69. The molecule has 334 valence electrons. The molecule has 1 aliphatic rings. The van der Waals surface area contributed by atoms with Gasteiger partial charge in [-0.25, -0.2) is 4.79 Å². The van der Waals surface area contributed by atoms with E-state index in [0.29, 0.717) is 31.6 Å². The van der Waals surface area contributed by atoms with Gasteiger partial charge in [0.25, 0.3) is 0 Å². The van der Waals surface area contributed by atoms with E-state index < -0.39 is 60.1 Å². The minimum Gasteiger partial charge on any atom is -0.480 e. The lowest BCUT2D eigenvalue weighted by Gasteiger charge is -2.41. The SMILES string of the molecule is CC[C@H](C)[C@@H]([C@@H](CC(=O)N1CCC[C@H]1[C@H](OC)[C@@H](C)C(=O)N[C@@H](Cc1ccccc1)C(=O)O)OC)N(C)C(=O)[C@@H](CC(=O)[C@H](C(C)C)N(C)Cc1cccc(N)c1)C(C)C. The number of carboxylic acids is 1. The maximum atomic E-state index is 14.6. The molecule has 4 N–H and O–H groups in total. The highest BCUT2D eigenvalue weighted by Gasteiger charge is 2.43. The van der Waals surface area contributed by atoms with Crippen molar-refractivity contribution in [3.8, 4) is 0 Å². The number of benzene rings is 2. The third kappa shape index (κ3) is 13.3. The highest BCUT2D eigenvalue weighted by Crippen LogP contribution is 2.31. The standard InChI is InChI=1S/C47H73N5O8/c1-12-31(6)43(51(9)46(56)36(29(2)3)26-39(53)42(30(4)5)50(8)28-34-20-16-21-35(48)24-34)40(59-10)27-41(54)52-23-17-22-38(52)44(60-11)32(7)45(55)49-37(47(57)58)25-33-18-14-13-15-19-33/h13-16,18-21,24,29-32,36-38,40,42-44H,12,17,22-23,25-28,48H2,1-11H3,(H,49,55)(H,57,58)/t31-,32+,36-,37-,38-,40+,42-,43-,44+/m0/s1. The zero-order valence-corrected chi connectivity index (χ0v) is 37.9. The zero-order valence-electron chi connectivity index (χ0n) is 37.9. The molecule has 1 aliphatic heterocycles. The van der Waals surface area contributed by atoms with Crippen LogP contribution in [0.2, 0.25) is 0 Å². The molecule has 2 aromatic carbocycles. The summed E-state index contributed by atoms with van der Waals surface area (Å²) in [6.07, 6.45) is 0.877. The first-order valence-corrected chi connectivity index (χ1v) is 21.6. The summed E-state index contributed by atoms with van der Waals surface area (Å²) in [6.45, 7) is 14.7. The molecule has 0 unspecified atom stereocenters. The summed E-state index contributed by atoms with van der Waals surface area (Å²) in [6, 6.07) is 14.3. The summed E-state index contributed by atoms with van der Waals surface area (Å²) in [5, 5.41) is 12.6. The van der Waals surface area contributed by atoms with Crippen molar-refractivity contribution in [2.24, 2.45) is 29.6 Å². The monoisotopic (exact) mass is 836 g/mol. The molecule has 1 heterocycles. The van der Waals surface area contributed by atoms with Crippen molar-refractivity contribution < 1.29 is 38.6 Å². The first-order valence-electron chi connectivity index (χ1n) is 21.6. The van der Waals surface area contributed by atoms with Crippen LogP contribution in [0.5, 0.6) is 0 Å². The van der Waals surface area contributed by atoms with Crippen LogP contribution in [0.3, 0.4) is 0 Å². The fraction of sp³-hybridized carbons (Fsp3) is 0.638. The molecule has 60 heavy (non-hydrogen) atoms. The van der Waals surface area contributed by atoms with Gasteiger partial charge in [0.2, 0.25) is 17.7 Å². The van der Waals surface area contributed by atoms with E-state index in [2.05, 4.69) is 5.32 Å². The molecule has 9 atom stereocenters. The second kappa shape index (κ2) is 23.6. The van der Waals surface area contributed by atoms with Gasteiger partial charge in [-0.3, -0.25) is 24.1 Å². The number of Topliss-reactive ketones (excluding diaryl/α,β-unsaturated/α-hetero) is 1. The number of ether oxygens (including phenoxy) is 2. The van der Waals surface area contributed by atoms with Crippen molar-refractivity contribution in [2.45, 2.75) is 130 Å². The topological polar surface area (TPSA) is 172 Å². The Balaban J connectivity index is 1.78. The molecule has 1 fully saturated rings. The minimum atomic E-state index is -1.14. The van der Waals surface area contributed by atoms with E-state index in [0.717, 1.165) is 17.5 Å². The first kappa shape index (κ1) is 50.0. The summed E-state index contributed by atoms with van der Waals surface area (Å²) >= 11 is 0. The normalized spacial score (nSPS) is 18.4. The molecular weight excluding hydrogens is 763 g/mol. The molecule has 13 nitrogen and oxygen atoms in total. The number of rotatable bonds is 24. The van der Waals surface area contributed by atoms with Crippen LogP contribution in [0.4, 0.5) is 5.69 Å². The fourth-order valence-electron chi connectivity index (χ4n) is 9.07. The van der Waals surface area contributed by atoms with E-state index in [1.54, 1.807) is 30.9 Å². The number of nitrogen functional groups attached to an aromatic ring is 1. The number of likely N-dealkylation sites (N-methyl/N-ethyl adjacent to an activating group) is 2. The Hall–Kier alpha value is -4.33. The van der Waals surface area contributed by atoms with Gasteiger partial charge in [0.1, 0.15) is 6.04 Å². The van der Waals surface area contributed by atoms with E-state index in [1.165, 1.54) is 7.11 Å². The molecule has 2 aromatic rings. The Kier molecular flexibility index (Phi) is 19.7. The molecule has 13 heteroatoms. The van der Waals surface area contributed by atoms with E-state index in [4.69, 9.17) is 15.2 Å². The van der Waals surface area contributed by atoms with Crippen LogP contribution in [0.15, 0.2) is 54.6 Å². The third-order valence-corrected chi connectivity index (χ3v) is 12.5. The summed E-state index contributed by atoms with van der Waals surface area (Å²) in [4.78, 5) is 74.2. The molecule has 0 spiro atoms. The number of carboxylic acid groups (broad SMARTS) is 1. The highest BCUT2D eigenvalue weighted by atomic mass is 16.5. The van der Waals surface area contributed by atoms with Crippen LogP contribution >= 0.6 is 0 Å². The molecule has 0 saturated carbocycles. The lowest BCUT2D eigenvalue weighted by Crippen LogP contribution is -2.55. The quantitative estimate of drug-likeness (QED) is 0.112. The number of amides is 3. The summed E-state index contributed by atoms with van der Waals surface area (Å²) in [7, 11) is 6.74. The number of nitrogens with one attached hydrogen (secondary N) is 1. The number of anilines is 1. The van der Waals surface area contributed by atoms with Gasteiger partial charge in [-0.15, -0.1) is 0 Å². The Morgan fingerprint density at radius 2 is 1.55 bits per heavy atom. The molecule has 3 amide bonds. The van der Waals surface area contributed by atoms with Gasteiger partial charge in [0.05, 0.1) is 42.7 Å². The van der Waals surface area contributed by atoms with Crippen molar-refractivity contribution in [1.82, 2.24) is 20.0 Å². The maximum absolute atomic E-state index is 14.6. The predicted molar refractivity (Wildman–Crippen MR) is 235 cm³/mol. The smallest absolute Gasteiger partial charge is 0.326 e. The van der Waals surface area contributed by atoms with Gasteiger partial charge < -0.3 is 35.4 Å². The summed E-state index contributed by atoms with van der Waals surface area (Å²) < 4.78 is 12.0. The Morgan fingerprint density at radius 3 is 2.10 bits per heavy atom. The Morgan fingerprint density at radius 1 is 0.900 bits per heavy atom. The van der Waals surface area contributed by atoms with Crippen molar-refractivity contribution in [3.05, 3.63) is 65.7 Å². The van der Waals surface area contributed by atoms with Crippen LogP contribution < -0.4 is 11.1 Å². The molecule has 0 aromatic heterocycles. The van der Waals surface area contributed by atoms with E-state index in [-0.39, 0.29) is 54.6 Å². The van der Waals surface area contributed by atoms with Crippen molar-refractivity contribution >= 4 is 35.2 Å². The summed E-state index contributed by atoms with van der Waals surface area (Å²) in [5.41, 5.74) is 8.48. The van der Waals surface area contributed by atoms with Gasteiger partial charge in [0.15, 0.2) is 5.78 Å². The number of aliphatic carboxylic acids is 1. The van der Waals surface area contributed by atoms with Gasteiger partial charge in [-0.05, 0) is 60.9 Å². The average molecular weight is 836 g/mol. The van der Waals surface area contributed by atoms with Crippen molar-refractivity contribution in [2.75, 3.05) is 40.6 Å². The second-order valence-corrected chi connectivity index (χ2v) is 17.5. The van der Waals surface area contributed by atoms with Crippen molar-refractivity contribution in [1.29, 1.82) is 0 Å². The molecular formula is C47H73N5O8. The number of ketones is 1. The highest BCUT2D eigenvalue weighted by molar-refractivity contribution is 5.90. The minimum absolute atomic E-state index is 0.000713. The summed E-state index contributed by atoms with van der Waals surface area (Å²) in [5.74, 6) is -3.47. The largest absolute Gasteiger partial charge is 0.480 e. The lowest BCUT2D eigenvalue weighted by atomic mass is 9.83. The Labute approximate surface area is 358 Å². The predicted octanol–water partition coefficient (Wildman–Crippen LogP) is 5.69. The van der Waals surface area contributed by atoms with Crippen LogP contribution in [0.1, 0.15) is 91.7 Å². The van der Waals surface area contributed by atoms with Gasteiger partial charge >= 0.3 is 5.97 Å². The molecule has 0 bridgehead atoms.